The maximum Gasteiger partial charge on any atom is 0.207 e. The van der Waals surface area contributed by atoms with E-state index < -0.39 is 0 Å². The predicted molar refractivity (Wildman–Crippen MR) is 69.4 cm³/mol. The van der Waals surface area contributed by atoms with Crippen molar-refractivity contribution < 1.29 is 14.2 Å². The standard InChI is InChI=1S/C14H21NO3/c1-9(2)16-12-7-15-8-13(18-11-5-6-11)14(12)17-10(3)4/h7-11H,5-6H2,1-4H3. The van der Waals surface area contributed by atoms with Gasteiger partial charge in [-0.1, -0.05) is 0 Å². The minimum Gasteiger partial charge on any atom is -0.485 e. The second-order valence-electron chi connectivity index (χ2n) is 5.12. The van der Waals surface area contributed by atoms with E-state index >= 15 is 0 Å². The Hall–Kier alpha value is -1.45. The zero-order valence-electron chi connectivity index (χ0n) is 11.5. The summed E-state index contributed by atoms with van der Waals surface area (Å²) in [5, 5.41) is 0. The van der Waals surface area contributed by atoms with E-state index in [4.69, 9.17) is 14.2 Å². The van der Waals surface area contributed by atoms with Gasteiger partial charge < -0.3 is 14.2 Å². The summed E-state index contributed by atoms with van der Waals surface area (Å²) >= 11 is 0. The minimum absolute atomic E-state index is 0.0727. The highest BCUT2D eigenvalue weighted by Gasteiger charge is 2.26. The molecule has 100 valence electrons. The van der Waals surface area contributed by atoms with Gasteiger partial charge in [-0.15, -0.1) is 0 Å². The molecule has 1 aromatic heterocycles. The van der Waals surface area contributed by atoms with Gasteiger partial charge in [0, 0.05) is 0 Å². The number of nitrogens with zero attached hydrogens (tertiary/aromatic N) is 1. The molecule has 2 rings (SSSR count). The van der Waals surface area contributed by atoms with Gasteiger partial charge >= 0.3 is 0 Å². The van der Waals surface area contributed by atoms with E-state index in [2.05, 4.69) is 4.98 Å². The highest BCUT2D eigenvalue weighted by Crippen LogP contribution is 2.40. The monoisotopic (exact) mass is 251 g/mol. The SMILES string of the molecule is CC(C)Oc1cncc(OC2CC2)c1OC(C)C. The summed E-state index contributed by atoms with van der Waals surface area (Å²) in [5.41, 5.74) is 0. The maximum absolute atomic E-state index is 5.82. The molecule has 18 heavy (non-hydrogen) atoms. The van der Waals surface area contributed by atoms with Crippen LogP contribution in [0.1, 0.15) is 40.5 Å². The molecule has 0 unspecified atom stereocenters. The molecule has 0 N–H and O–H groups in total. The largest absolute Gasteiger partial charge is 0.485 e. The van der Waals surface area contributed by atoms with Gasteiger partial charge in [-0.3, -0.25) is 4.98 Å². The second-order valence-corrected chi connectivity index (χ2v) is 5.12. The molecule has 0 saturated heterocycles. The number of hydrogen-bond donors (Lipinski definition) is 0. The second kappa shape index (κ2) is 5.46. The van der Waals surface area contributed by atoms with Gasteiger partial charge in [0.25, 0.3) is 0 Å². The molecule has 0 spiro atoms. The molecule has 0 aliphatic heterocycles. The van der Waals surface area contributed by atoms with Crippen LogP contribution >= 0.6 is 0 Å². The van der Waals surface area contributed by atoms with E-state index in [1.54, 1.807) is 12.4 Å². The smallest absolute Gasteiger partial charge is 0.207 e. The highest BCUT2D eigenvalue weighted by atomic mass is 16.6. The Morgan fingerprint density at radius 2 is 1.61 bits per heavy atom. The summed E-state index contributed by atoms with van der Waals surface area (Å²) in [6.45, 7) is 7.93. The third-order valence-electron chi connectivity index (χ3n) is 2.37. The van der Waals surface area contributed by atoms with Crippen molar-refractivity contribution in [3.8, 4) is 17.2 Å². The Morgan fingerprint density at radius 1 is 1.00 bits per heavy atom. The van der Waals surface area contributed by atoms with Crippen molar-refractivity contribution >= 4 is 0 Å². The molecule has 1 fully saturated rings. The van der Waals surface area contributed by atoms with Crippen LogP contribution in [0.4, 0.5) is 0 Å². The number of hydrogen-bond acceptors (Lipinski definition) is 4. The fourth-order valence-corrected chi connectivity index (χ4v) is 1.55. The highest BCUT2D eigenvalue weighted by molar-refractivity contribution is 5.49. The first-order valence-electron chi connectivity index (χ1n) is 6.54. The lowest BCUT2D eigenvalue weighted by Crippen LogP contribution is -2.12. The van der Waals surface area contributed by atoms with Crippen molar-refractivity contribution in [1.29, 1.82) is 0 Å². The van der Waals surface area contributed by atoms with Crippen LogP contribution in [0.25, 0.3) is 0 Å². The Kier molecular flexibility index (Phi) is 3.94. The molecule has 1 aromatic rings. The zero-order chi connectivity index (χ0) is 13.1. The predicted octanol–water partition coefficient (Wildman–Crippen LogP) is 3.20. The third-order valence-corrected chi connectivity index (χ3v) is 2.37. The lowest BCUT2D eigenvalue weighted by Gasteiger charge is -2.19. The van der Waals surface area contributed by atoms with Crippen LogP contribution in [0.5, 0.6) is 17.2 Å². The first-order valence-corrected chi connectivity index (χ1v) is 6.54. The van der Waals surface area contributed by atoms with Gasteiger partial charge in [0.15, 0.2) is 11.5 Å². The fraction of sp³-hybridized carbons (Fsp3) is 0.643. The van der Waals surface area contributed by atoms with Crippen molar-refractivity contribution in [2.45, 2.75) is 58.8 Å². The van der Waals surface area contributed by atoms with E-state index in [0.717, 1.165) is 12.8 Å². The molecule has 0 radical (unpaired) electrons. The maximum atomic E-state index is 5.82. The van der Waals surface area contributed by atoms with Crippen molar-refractivity contribution in [3.05, 3.63) is 12.4 Å². The van der Waals surface area contributed by atoms with Crippen LogP contribution in [0.3, 0.4) is 0 Å². The normalized spacial score (nSPS) is 15.0. The molecule has 4 nitrogen and oxygen atoms in total. The van der Waals surface area contributed by atoms with Crippen LogP contribution < -0.4 is 14.2 Å². The lowest BCUT2D eigenvalue weighted by atomic mass is 10.3. The third kappa shape index (κ3) is 3.52. The number of pyridine rings is 1. The zero-order valence-corrected chi connectivity index (χ0v) is 11.5. The van der Waals surface area contributed by atoms with Crippen LogP contribution in [0.15, 0.2) is 12.4 Å². The number of ether oxygens (including phenoxy) is 3. The van der Waals surface area contributed by atoms with E-state index in [1.165, 1.54) is 0 Å². The quantitative estimate of drug-likeness (QED) is 0.778. The Labute approximate surface area is 108 Å². The van der Waals surface area contributed by atoms with Crippen LogP contribution in [0, 0.1) is 0 Å². The topological polar surface area (TPSA) is 40.6 Å². The summed E-state index contributed by atoms with van der Waals surface area (Å²) in [5.74, 6) is 2.00. The minimum atomic E-state index is 0.0727. The van der Waals surface area contributed by atoms with E-state index in [-0.39, 0.29) is 12.2 Å². The molecule has 0 amide bonds. The molecule has 0 atom stereocenters. The molecule has 0 aromatic carbocycles. The summed E-state index contributed by atoms with van der Waals surface area (Å²) < 4.78 is 17.3. The summed E-state index contributed by atoms with van der Waals surface area (Å²) in [6.07, 6.45) is 6.06. The Bertz CT molecular complexity index is 378. The summed E-state index contributed by atoms with van der Waals surface area (Å²) in [6, 6.07) is 0. The molecule has 1 saturated carbocycles. The van der Waals surface area contributed by atoms with Gasteiger partial charge in [0.05, 0.1) is 30.7 Å². The number of rotatable bonds is 6. The first kappa shape index (κ1) is 13.0. The Morgan fingerprint density at radius 3 is 2.17 bits per heavy atom. The molecular weight excluding hydrogens is 230 g/mol. The van der Waals surface area contributed by atoms with Gasteiger partial charge in [-0.2, -0.15) is 0 Å². The van der Waals surface area contributed by atoms with Gasteiger partial charge in [0.2, 0.25) is 5.75 Å². The Balaban J connectivity index is 2.25. The van der Waals surface area contributed by atoms with Crippen molar-refractivity contribution in [1.82, 2.24) is 4.98 Å². The van der Waals surface area contributed by atoms with Crippen molar-refractivity contribution in [2.75, 3.05) is 0 Å². The van der Waals surface area contributed by atoms with Gasteiger partial charge in [-0.25, -0.2) is 0 Å². The molecular formula is C14H21NO3. The molecule has 1 aliphatic rings. The van der Waals surface area contributed by atoms with Crippen LogP contribution in [0.2, 0.25) is 0 Å². The van der Waals surface area contributed by atoms with Crippen molar-refractivity contribution in [2.24, 2.45) is 0 Å². The fourth-order valence-electron chi connectivity index (χ4n) is 1.55. The first-order chi connectivity index (χ1) is 8.56. The molecule has 1 heterocycles. The lowest BCUT2D eigenvalue weighted by molar-refractivity contribution is 0.184. The molecule has 1 aliphatic carbocycles. The van der Waals surface area contributed by atoms with E-state index in [9.17, 15) is 0 Å². The van der Waals surface area contributed by atoms with Gasteiger partial charge in [0.1, 0.15) is 0 Å². The average molecular weight is 251 g/mol. The number of aromatic nitrogens is 1. The van der Waals surface area contributed by atoms with Gasteiger partial charge in [-0.05, 0) is 40.5 Å². The molecule has 0 bridgehead atoms. The summed E-state index contributed by atoms with van der Waals surface area (Å²) in [7, 11) is 0. The van der Waals surface area contributed by atoms with Crippen LogP contribution in [-0.4, -0.2) is 23.3 Å². The average Bonchev–Trinajstić information content (AvgIpc) is 3.05. The summed E-state index contributed by atoms with van der Waals surface area (Å²) in [4.78, 5) is 4.16. The van der Waals surface area contributed by atoms with Crippen LogP contribution in [-0.2, 0) is 0 Å². The van der Waals surface area contributed by atoms with Crippen molar-refractivity contribution in [3.63, 3.8) is 0 Å². The van der Waals surface area contributed by atoms with E-state index in [0.29, 0.717) is 23.4 Å². The molecule has 4 heteroatoms. The van der Waals surface area contributed by atoms with E-state index in [1.807, 2.05) is 27.7 Å².